The Labute approximate surface area is 122 Å². The van der Waals surface area contributed by atoms with Gasteiger partial charge >= 0.3 is 0 Å². The van der Waals surface area contributed by atoms with Crippen LogP contribution in [-0.2, 0) is 0 Å². The van der Waals surface area contributed by atoms with E-state index in [0.29, 0.717) is 5.69 Å². The third-order valence-electron chi connectivity index (χ3n) is 3.17. The van der Waals surface area contributed by atoms with Crippen molar-refractivity contribution in [1.82, 2.24) is 19.7 Å². The summed E-state index contributed by atoms with van der Waals surface area (Å²) >= 11 is 0. The third kappa shape index (κ3) is 2.58. The van der Waals surface area contributed by atoms with Gasteiger partial charge in [-0.25, -0.2) is 9.67 Å². The zero-order valence-corrected chi connectivity index (χ0v) is 11.8. The van der Waals surface area contributed by atoms with Crippen molar-refractivity contribution in [2.45, 2.75) is 13.8 Å². The lowest BCUT2D eigenvalue weighted by Crippen LogP contribution is -2.01. The van der Waals surface area contributed by atoms with Crippen molar-refractivity contribution in [2.24, 2.45) is 0 Å². The van der Waals surface area contributed by atoms with Crippen molar-refractivity contribution in [2.75, 3.05) is 0 Å². The summed E-state index contributed by atoms with van der Waals surface area (Å²) in [5, 5.41) is 4.57. The summed E-state index contributed by atoms with van der Waals surface area (Å²) in [4.78, 5) is 19.8. The van der Waals surface area contributed by atoms with Crippen LogP contribution >= 0.6 is 0 Å². The van der Waals surface area contributed by atoms with Crippen LogP contribution in [0.25, 0.3) is 17.1 Å². The standard InChI is InChI=1S/C16H14N4O/c1-11-9-15(13-6-8-17-14(10-13)12(2)21)19-20(11)16-5-3-4-7-18-16/h3-10H,1-2H3. The van der Waals surface area contributed by atoms with Gasteiger partial charge in [-0.15, -0.1) is 0 Å². The molecule has 3 aromatic heterocycles. The number of Topliss-reactive ketones (excluding diaryl/α,β-unsaturated/α-hetero) is 1. The normalized spacial score (nSPS) is 10.6. The van der Waals surface area contributed by atoms with Gasteiger partial charge in [-0.1, -0.05) is 6.07 Å². The first-order chi connectivity index (χ1) is 10.1. The number of nitrogens with zero attached hydrogens (tertiary/aromatic N) is 4. The molecule has 0 aliphatic rings. The van der Waals surface area contributed by atoms with Crippen LogP contribution in [0.3, 0.4) is 0 Å². The molecule has 0 aromatic carbocycles. The molecule has 0 aliphatic carbocycles. The van der Waals surface area contributed by atoms with E-state index < -0.39 is 0 Å². The van der Waals surface area contributed by atoms with Crippen LogP contribution < -0.4 is 0 Å². The molecule has 0 N–H and O–H groups in total. The molecule has 0 aliphatic heterocycles. The van der Waals surface area contributed by atoms with Crippen molar-refractivity contribution in [3.8, 4) is 17.1 Å². The minimum atomic E-state index is -0.0577. The van der Waals surface area contributed by atoms with Crippen molar-refractivity contribution < 1.29 is 4.79 Å². The second-order valence-corrected chi connectivity index (χ2v) is 4.76. The highest BCUT2D eigenvalue weighted by molar-refractivity contribution is 5.93. The lowest BCUT2D eigenvalue weighted by molar-refractivity contribution is 0.101. The zero-order chi connectivity index (χ0) is 14.8. The van der Waals surface area contributed by atoms with Gasteiger partial charge in [0.2, 0.25) is 0 Å². The van der Waals surface area contributed by atoms with E-state index in [-0.39, 0.29) is 5.78 Å². The maximum absolute atomic E-state index is 11.4. The molecule has 3 aromatic rings. The van der Waals surface area contributed by atoms with Crippen LogP contribution in [0.1, 0.15) is 23.1 Å². The van der Waals surface area contributed by atoms with Crippen LogP contribution in [-0.4, -0.2) is 25.5 Å². The van der Waals surface area contributed by atoms with Crippen LogP contribution in [0.2, 0.25) is 0 Å². The SMILES string of the molecule is CC(=O)c1cc(-c2cc(C)n(-c3ccccn3)n2)ccn1. The molecular formula is C16H14N4O. The Hall–Kier alpha value is -2.82. The molecule has 0 spiro atoms. The van der Waals surface area contributed by atoms with Crippen molar-refractivity contribution >= 4 is 5.78 Å². The minimum Gasteiger partial charge on any atom is -0.293 e. The fourth-order valence-electron chi connectivity index (χ4n) is 2.11. The van der Waals surface area contributed by atoms with Crippen LogP contribution in [0.15, 0.2) is 48.8 Å². The van der Waals surface area contributed by atoms with E-state index in [1.165, 1.54) is 6.92 Å². The zero-order valence-electron chi connectivity index (χ0n) is 11.8. The lowest BCUT2D eigenvalue weighted by atomic mass is 10.1. The Morgan fingerprint density at radius 1 is 1.10 bits per heavy atom. The van der Waals surface area contributed by atoms with Gasteiger partial charge in [0, 0.05) is 30.6 Å². The van der Waals surface area contributed by atoms with Gasteiger partial charge in [0.05, 0.1) is 5.69 Å². The number of ketones is 1. The Bertz CT molecular complexity index is 793. The summed E-state index contributed by atoms with van der Waals surface area (Å²) in [6, 6.07) is 11.3. The van der Waals surface area contributed by atoms with Crippen molar-refractivity contribution in [3.63, 3.8) is 0 Å². The van der Waals surface area contributed by atoms with Crippen molar-refractivity contribution in [3.05, 3.63) is 60.2 Å². The number of pyridine rings is 2. The molecule has 0 radical (unpaired) electrons. The van der Waals surface area contributed by atoms with E-state index in [4.69, 9.17) is 0 Å². The fraction of sp³-hybridized carbons (Fsp3) is 0.125. The summed E-state index contributed by atoms with van der Waals surface area (Å²) in [5.74, 6) is 0.708. The van der Waals surface area contributed by atoms with E-state index in [1.807, 2.05) is 37.3 Å². The predicted molar refractivity (Wildman–Crippen MR) is 79.3 cm³/mol. The molecule has 0 saturated carbocycles. The molecule has 0 bridgehead atoms. The van der Waals surface area contributed by atoms with E-state index in [9.17, 15) is 4.79 Å². The van der Waals surface area contributed by atoms with Crippen LogP contribution in [0, 0.1) is 6.92 Å². The van der Waals surface area contributed by atoms with E-state index in [1.54, 1.807) is 23.1 Å². The van der Waals surface area contributed by atoms with Gasteiger partial charge in [-0.3, -0.25) is 9.78 Å². The molecule has 0 amide bonds. The topological polar surface area (TPSA) is 60.7 Å². The smallest absolute Gasteiger partial charge is 0.178 e. The maximum atomic E-state index is 11.4. The monoisotopic (exact) mass is 278 g/mol. The van der Waals surface area contributed by atoms with E-state index in [0.717, 1.165) is 22.8 Å². The minimum absolute atomic E-state index is 0.0577. The predicted octanol–water partition coefficient (Wildman–Crippen LogP) is 2.84. The van der Waals surface area contributed by atoms with Gasteiger partial charge in [0.1, 0.15) is 5.69 Å². The maximum Gasteiger partial charge on any atom is 0.178 e. The number of rotatable bonds is 3. The van der Waals surface area contributed by atoms with Gasteiger partial charge < -0.3 is 0 Å². The number of carbonyl (C=O) groups excluding carboxylic acids is 1. The molecule has 5 heteroatoms. The molecule has 104 valence electrons. The lowest BCUT2D eigenvalue weighted by Gasteiger charge is -2.02. The molecule has 0 fully saturated rings. The molecular weight excluding hydrogens is 264 g/mol. The van der Waals surface area contributed by atoms with Crippen LogP contribution in [0.4, 0.5) is 0 Å². The molecule has 3 rings (SSSR count). The molecule has 0 atom stereocenters. The number of hydrogen-bond donors (Lipinski definition) is 0. The summed E-state index contributed by atoms with van der Waals surface area (Å²) in [5.41, 5.74) is 3.08. The summed E-state index contributed by atoms with van der Waals surface area (Å²) in [6.45, 7) is 3.47. The van der Waals surface area contributed by atoms with Gasteiger partial charge in [-0.2, -0.15) is 5.10 Å². The van der Waals surface area contributed by atoms with Gasteiger partial charge in [0.15, 0.2) is 11.6 Å². The van der Waals surface area contributed by atoms with Crippen LogP contribution in [0.5, 0.6) is 0 Å². The number of aromatic nitrogens is 4. The van der Waals surface area contributed by atoms with Crippen molar-refractivity contribution in [1.29, 1.82) is 0 Å². The van der Waals surface area contributed by atoms with E-state index >= 15 is 0 Å². The summed E-state index contributed by atoms with van der Waals surface area (Å²) in [7, 11) is 0. The Morgan fingerprint density at radius 2 is 1.95 bits per heavy atom. The largest absolute Gasteiger partial charge is 0.293 e. The third-order valence-corrected chi connectivity index (χ3v) is 3.17. The van der Waals surface area contributed by atoms with Gasteiger partial charge in [-0.05, 0) is 37.3 Å². The Balaban J connectivity index is 2.05. The second-order valence-electron chi connectivity index (χ2n) is 4.76. The summed E-state index contributed by atoms with van der Waals surface area (Å²) < 4.78 is 1.78. The summed E-state index contributed by atoms with van der Waals surface area (Å²) in [6.07, 6.45) is 3.36. The average Bonchev–Trinajstić information content (AvgIpc) is 2.90. The average molecular weight is 278 g/mol. The highest BCUT2D eigenvalue weighted by Gasteiger charge is 2.10. The molecule has 21 heavy (non-hydrogen) atoms. The van der Waals surface area contributed by atoms with Gasteiger partial charge in [0.25, 0.3) is 0 Å². The second kappa shape index (κ2) is 5.28. The highest BCUT2D eigenvalue weighted by Crippen LogP contribution is 2.21. The van der Waals surface area contributed by atoms with E-state index in [2.05, 4.69) is 15.1 Å². The Morgan fingerprint density at radius 3 is 2.67 bits per heavy atom. The first-order valence-corrected chi connectivity index (χ1v) is 6.60. The highest BCUT2D eigenvalue weighted by atomic mass is 16.1. The number of hydrogen-bond acceptors (Lipinski definition) is 4. The quantitative estimate of drug-likeness (QED) is 0.691. The molecule has 0 saturated heterocycles. The number of aryl methyl sites for hydroxylation is 1. The molecule has 3 heterocycles. The first-order valence-electron chi connectivity index (χ1n) is 6.60. The Kier molecular flexibility index (Phi) is 3.31. The first kappa shape index (κ1) is 13.2. The molecule has 5 nitrogen and oxygen atoms in total. The fourth-order valence-corrected chi connectivity index (χ4v) is 2.11. The molecule has 0 unspecified atom stereocenters. The number of carbonyl (C=O) groups is 1.